The topological polar surface area (TPSA) is 70.7 Å². The summed E-state index contributed by atoms with van der Waals surface area (Å²) in [6.45, 7) is 0.456. The summed E-state index contributed by atoms with van der Waals surface area (Å²) in [5.41, 5.74) is 2.27. The van der Waals surface area contributed by atoms with Gasteiger partial charge < -0.3 is 20.3 Å². The van der Waals surface area contributed by atoms with Crippen LogP contribution in [0.2, 0.25) is 0 Å². The van der Waals surface area contributed by atoms with Crippen molar-refractivity contribution in [3.05, 3.63) is 59.7 Å². The Kier molecular flexibility index (Phi) is 8.06. The molecule has 2 aromatic carbocycles. The van der Waals surface area contributed by atoms with Gasteiger partial charge in [0.1, 0.15) is 5.75 Å². The molecule has 2 aromatic rings. The third-order valence-corrected chi connectivity index (χ3v) is 5.93. The van der Waals surface area contributed by atoms with Gasteiger partial charge in [0.25, 0.3) is 5.91 Å². The van der Waals surface area contributed by atoms with Gasteiger partial charge in [0.05, 0.1) is 13.2 Å². The maximum absolute atomic E-state index is 12.8. The van der Waals surface area contributed by atoms with Crippen molar-refractivity contribution < 1.29 is 14.3 Å². The van der Waals surface area contributed by atoms with Crippen LogP contribution >= 0.6 is 0 Å². The molecule has 1 saturated carbocycles. The molecular weight excluding hydrogens is 390 g/mol. The Morgan fingerprint density at radius 1 is 1.06 bits per heavy atom. The van der Waals surface area contributed by atoms with E-state index in [0.717, 1.165) is 37.0 Å². The lowest BCUT2D eigenvalue weighted by Crippen LogP contribution is -2.34. The molecule has 0 bridgehead atoms. The second-order valence-electron chi connectivity index (χ2n) is 8.37. The number of carbonyl (C=O) groups is 2. The standard InChI is InChI=1S/C25H33N3O3/c1-28(2)23(19-11-8-14-22(16-19)31-3)17-26-24(29)20-12-7-13-21(15-20)27-25(30)18-9-5-4-6-10-18/h7-8,11-16,18,23H,4-6,9-10,17H2,1-3H3,(H,26,29)(H,27,30). The summed E-state index contributed by atoms with van der Waals surface area (Å²) in [6, 6.07) is 15.0. The number of nitrogens with zero attached hydrogens (tertiary/aromatic N) is 1. The second kappa shape index (κ2) is 11.0. The zero-order valence-corrected chi connectivity index (χ0v) is 18.7. The van der Waals surface area contributed by atoms with Crippen molar-refractivity contribution in [1.29, 1.82) is 0 Å². The maximum atomic E-state index is 12.8. The van der Waals surface area contributed by atoms with E-state index in [9.17, 15) is 9.59 Å². The summed E-state index contributed by atoms with van der Waals surface area (Å²) < 4.78 is 5.33. The number of hydrogen-bond acceptors (Lipinski definition) is 4. The zero-order valence-electron chi connectivity index (χ0n) is 18.7. The number of likely N-dealkylation sites (N-methyl/N-ethyl adjacent to an activating group) is 1. The number of nitrogens with one attached hydrogen (secondary N) is 2. The van der Waals surface area contributed by atoms with Gasteiger partial charge in [-0.05, 0) is 62.8 Å². The highest BCUT2D eigenvalue weighted by Gasteiger charge is 2.21. The molecule has 2 N–H and O–H groups in total. The molecule has 166 valence electrons. The molecule has 31 heavy (non-hydrogen) atoms. The minimum absolute atomic E-state index is 0.00763. The Bertz CT molecular complexity index is 891. The van der Waals surface area contributed by atoms with Crippen LogP contribution in [0.3, 0.4) is 0 Å². The average molecular weight is 424 g/mol. The van der Waals surface area contributed by atoms with Crippen LogP contribution < -0.4 is 15.4 Å². The molecule has 1 aliphatic carbocycles. The van der Waals surface area contributed by atoms with Gasteiger partial charge in [-0.15, -0.1) is 0 Å². The van der Waals surface area contributed by atoms with Gasteiger partial charge in [-0.1, -0.05) is 37.5 Å². The maximum Gasteiger partial charge on any atom is 0.251 e. The fourth-order valence-electron chi connectivity index (χ4n) is 4.09. The van der Waals surface area contributed by atoms with E-state index >= 15 is 0 Å². The fourth-order valence-corrected chi connectivity index (χ4v) is 4.09. The monoisotopic (exact) mass is 423 g/mol. The van der Waals surface area contributed by atoms with Crippen LogP contribution in [0.1, 0.15) is 54.1 Å². The lowest BCUT2D eigenvalue weighted by molar-refractivity contribution is -0.120. The van der Waals surface area contributed by atoms with Crippen molar-refractivity contribution in [2.24, 2.45) is 5.92 Å². The van der Waals surface area contributed by atoms with Gasteiger partial charge in [-0.2, -0.15) is 0 Å². The van der Waals surface area contributed by atoms with Gasteiger partial charge in [-0.3, -0.25) is 9.59 Å². The molecule has 1 unspecified atom stereocenters. The third kappa shape index (κ3) is 6.31. The average Bonchev–Trinajstić information content (AvgIpc) is 2.79. The van der Waals surface area contributed by atoms with E-state index in [4.69, 9.17) is 4.74 Å². The van der Waals surface area contributed by atoms with Crippen molar-refractivity contribution in [3.8, 4) is 5.75 Å². The number of carbonyl (C=O) groups excluding carboxylic acids is 2. The first-order valence-corrected chi connectivity index (χ1v) is 11.0. The highest BCUT2D eigenvalue weighted by atomic mass is 16.5. The summed E-state index contributed by atoms with van der Waals surface area (Å²) in [5.74, 6) is 0.762. The predicted molar refractivity (Wildman–Crippen MR) is 123 cm³/mol. The Morgan fingerprint density at radius 3 is 2.52 bits per heavy atom. The van der Waals surface area contributed by atoms with E-state index in [1.165, 1.54) is 6.42 Å². The van der Waals surface area contributed by atoms with Crippen LogP contribution in [0.4, 0.5) is 5.69 Å². The Labute approximate surface area is 185 Å². The fraction of sp³-hybridized carbons (Fsp3) is 0.440. The smallest absolute Gasteiger partial charge is 0.251 e. The normalized spacial score (nSPS) is 15.4. The van der Waals surface area contributed by atoms with Crippen molar-refractivity contribution in [2.45, 2.75) is 38.1 Å². The number of anilines is 1. The minimum atomic E-state index is -0.163. The molecule has 0 saturated heterocycles. The molecule has 0 radical (unpaired) electrons. The van der Waals surface area contributed by atoms with E-state index in [2.05, 4.69) is 15.5 Å². The van der Waals surface area contributed by atoms with Gasteiger partial charge in [0, 0.05) is 23.7 Å². The number of hydrogen-bond donors (Lipinski definition) is 2. The molecule has 6 nitrogen and oxygen atoms in total. The van der Waals surface area contributed by atoms with Crippen LogP contribution in [0.15, 0.2) is 48.5 Å². The van der Waals surface area contributed by atoms with Crippen LogP contribution in [-0.2, 0) is 4.79 Å². The summed E-state index contributed by atoms with van der Waals surface area (Å²) in [7, 11) is 5.61. The number of benzene rings is 2. The quantitative estimate of drug-likeness (QED) is 0.666. The molecule has 0 aliphatic heterocycles. The Hall–Kier alpha value is -2.86. The van der Waals surface area contributed by atoms with Crippen LogP contribution in [0.25, 0.3) is 0 Å². The highest BCUT2D eigenvalue weighted by molar-refractivity contribution is 5.97. The van der Waals surface area contributed by atoms with Crippen molar-refractivity contribution in [1.82, 2.24) is 10.2 Å². The largest absolute Gasteiger partial charge is 0.497 e. The SMILES string of the molecule is COc1cccc(C(CNC(=O)c2cccc(NC(=O)C3CCCCC3)c2)N(C)C)c1. The molecule has 1 atom stereocenters. The summed E-state index contributed by atoms with van der Waals surface area (Å²) >= 11 is 0. The van der Waals surface area contributed by atoms with Gasteiger partial charge in [-0.25, -0.2) is 0 Å². The van der Waals surface area contributed by atoms with E-state index < -0.39 is 0 Å². The predicted octanol–water partition coefficient (Wildman–Crippen LogP) is 4.25. The van der Waals surface area contributed by atoms with E-state index in [-0.39, 0.29) is 23.8 Å². The Morgan fingerprint density at radius 2 is 1.81 bits per heavy atom. The zero-order chi connectivity index (χ0) is 22.2. The van der Waals surface area contributed by atoms with Gasteiger partial charge in [0.15, 0.2) is 0 Å². The highest BCUT2D eigenvalue weighted by Crippen LogP contribution is 2.25. The van der Waals surface area contributed by atoms with Crippen LogP contribution in [-0.4, -0.2) is 44.5 Å². The molecular formula is C25H33N3O3. The van der Waals surface area contributed by atoms with Gasteiger partial charge in [0.2, 0.25) is 5.91 Å². The molecule has 1 aliphatic rings. The summed E-state index contributed by atoms with van der Waals surface area (Å²) in [5, 5.41) is 6.01. The summed E-state index contributed by atoms with van der Waals surface area (Å²) in [4.78, 5) is 27.4. The molecule has 2 amide bonds. The number of amides is 2. The lowest BCUT2D eigenvalue weighted by atomic mass is 9.88. The van der Waals surface area contributed by atoms with E-state index in [0.29, 0.717) is 17.8 Å². The minimum Gasteiger partial charge on any atom is -0.497 e. The molecule has 0 aromatic heterocycles. The molecule has 6 heteroatoms. The van der Waals surface area contributed by atoms with Crippen molar-refractivity contribution >= 4 is 17.5 Å². The molecule has 3 rings (SSSR count). The van der Waals surface area contributed by atoms with Crippen LogP contribution in [0, 0.1) is 5.92 Å². The lowest BCUT2D eigenvalue weighted by Gasteiger charge is -2.25. The number of rotatable bonds is 8. The van der Waals surface area contributed by atoms with Gasteiger partial charge >= 0.3 is 0 Å². The first-order valence-electron chi connectivity index (χ1n) is 11.0. The number of methoxy groups -OCH3 is 1. The van der Waals surface area contributed by atoms with Crippen molar-refractivity contribution in [3.63, 3.8) is 0 Å². The first-order chi connectivity index (χ1) is 15.0. The third-order valence-electron chi connectivity index (χ3n) is 5.93. The molecule has 1 fully saturated rings. The molecule has 0 spiro atoms. The van der Waals surface area contributed by atoms with E-state index in [1.54, 1.807) is 25.3 Å². The first kappa shape index (κ1) is 22.8. The Balaban J connectivity index is 1.62. The number of ether oxygens (including phenoxy) is 1. The summed E-state index contributed by atoms with van der Waals surface area (Å²) in [6.07, 6.45) is 5.33. The second-order valence-corrected chi connectivity index (χ2v) is 8.37. The van der Waals surface area contributed by atoms with Crippen molar-refractivity contribution in [2.75, 3.05) is 33.1 Å². The molecule has 0 heterocycles. The van der Waals surface area contributed by atoms with Crippen LogP contribution in [0.5, 0.6) is 5.75 Å². The van der Waals surface area contributed by atoms with E-state index in [1.807, 2.05) is 44.4 Å².